The van der Waals surface area contributed by atoms with Crippen molar-refractivity contribution >= 4 is 99.5 Å². The highest BCUT2D eigenvalue weighted by molar-refractivity contribution is 7.20. The lowest BCUT2D eigenvalue weighted by Gasteiger charge is -2.30. The Hall–Kier alpha value is 2.44. The Labute approximate surface area is 316 Å². The zero-order valence-corrected chi connectivity index (χ0v) is 42.2. The number of halogens is 4. The van der Waals surface area contributed by atoms with Gasteiger partial charge in [0.05, 0.1) is 0 Å². The van der Waals surface area contributed by atoms with Gasteiger partial charge in [-0.3, -0.25) is 0 Å². The van der Waals surface area contributed by atoms with Crippen LogP contribution in [0.3, 0.4) is 0 Å². The van der Waals surface area contributed by atoms with Crippen molar-refractivity contribution < 1.29 is 26.6 Å². The average molecular weight is 867 g/mol. The van der Waals surface area contributed by atoms with Gasteiger partial charge in [0.25, 0.3) is 0 Å². The van der Waals surface area contributed by atoms with E-state index in [1.165, 1.54) is 0 Å². The molecule has 284 valence electrons. The van der Waals surface area contributed by atoms with Gasteiger partial charge in [-0.1, -0.05) is 52.4 Å². The molecule has 6 nitrogen and oxygen atoms in total. The van der Waals surface area contributed by atoms with Gasteiger partial charge in [0, 0.05) is 39.6 Å². The van der Waals surface area contributed by atoms with E-state index in [-0.39, 0.29) is 0 Å². The maximum absolute atomic E-state index is 6.53. The van der Waals surface area contributed by atoms with Crippen LogP contribution in [0.15, 0.2) is 0 Å². The van der Waals surface area contributed by atoms with Crippen LogP contribution in [0.5, 0.6) is 0 Å². The summed E-state index contributed by atoms with van der Waals surface area (Å²) < 4.78 is 38.5. The quantitative estimate of drug-likeness (QED) is 0.0407. The van der Waals surface area contributed by atoms with E-state index in [1.54, 1.807) is 0 Å². The number of rotatable bonds is 30. The molecule has 0 aromatic heterocycles. The minimum absolute atomic E-state index is 0.650. The Bertz CT molecular complexity index is 715. The molecule has 0 N–H and O–H groups in total. The molecule has 0 atom stereocenters. The summed E-state index contributed by atoms with van der Waals surface area (Å²) in [7, 11) is -13.4. The van der Waals surface area contributed by atoms with E-state index >= 15 is 0 Å². The molecular weight excluding hydrogens is 795 g/mol. The summed E-state index contributed by atoms with van der Waals surface area (Å²) in [6.45, 7) is 30.3. The molecule has 0 aliphatic carbocycles. The summed E-state index contributed by atoms with van der Waals surface area (Å²) >= 11 is 26.1. The zero-order chi connectivity index (χ0) is 36.5. The fraction of sp³-hybridized carbons (Fsp3) is 1.00. The van der Waals surface area contributed by atoms with Crippen LogP contribution < -0.4 is 0 Å². The molecule has 0 saturated carbocycles. The monoisotopic (exact) mass is 864 g/mol. The Morgan fingerprint density at radius 1 is 0.298 bits per heavy atom. The Morgan fingerprint density at radius 3 is 0.702 bits per heavy atom. The number of hydrogen-bond donors (Lipinski definition) is 0. The molecule has 0 fully saturated rings. The standard InChI is InChI=1S/C30H72Cl4O6Si7/c1-41(2,31)25-13-21-37-46(11,38-22-14-26-42(3,4)32)29-17-19-35-45(9,10)36-20-18-30-47(12,39-23-15-27-43(5,6)33)40-24-16-28-44(7,8)34/h13-30H2,1-12H3. The summed E-state index contributed by atoms with van der Waals surface area (Å²) in [4.78, 5) is 0. The third-order valence-corrected chi connectivity index (χ3v) is 23.8. The van der Waals surface area contributed by atoms with Gasteiger partial charge in [-0.2, -0.15) is 44.3 Å². The molecule has 0 aromatic carbocycles. The van der Waals surface area contributed by atoms with Crippen molar-refractivity contribution in [1.82, 2.24) is 0 Å². The Kier molecular flexibility index (Phi) is 24.5. The van der Waals surface area contributed by atoms with Gasteiger partial charge in [-0.15, -0.1) is 0 Å². The van der Waals surface area contributed by atoms with E-state index in [2.05, 4.69) is 78.6 Å². The smallest absolute Gasteiger partial charge is 0.335 e. The highest BCUT2D eigenvalue weighted by atomic mass is 35.6. The second kappa shape index (κ2) is 23.3. The first-order valence-electron chi connectivity index (χ1n) is 17.8. The van der Waals surface area contributed by atoms with E-state index in [4.69, 9.17) is 70.9 Å². The zero-order valence-electron chi connectivity index (χ0n) is 32.2. The lowest BCUT2D eigenvalue weighted by Crippen LogP contribution is -2.41. The summed E-state index contributed by atoms with van der Waals surface area (Å²) in [5.41, 5.74) is 0. The van der Waals surface area contributed by atoms with Crippen LogP contribution >= 0.6 is 44.3 Å². The summed E-state index contributed by atoms with van der Waals surface area (Å²) in [5, 5.41) is 0. The van der Waals surface area contributed by atoms with E-state index in [0.717, 1.165) is 74.8 Å². The summed E-state index contributed by atoms with van der Waals surface area (Å²) in [5.74, 6) is 0. The van der Waals surface area contributed by atoms with Crippen LogP contribution in [0.25, 0.3) is 0 Å². The Balaban J connectivity index is 4.83. The molecule has 17 heteroatoms. The van der Waals surface area contributed by atoms with Gasteiger partial charge in [0.15, 0.2) is 29.5 Å². The van der Waals surface area contributed by atoms with E-state index < -0.39 is 55.2 Å². The van der Waals surface area contributed by atoms with E-state index in [9.17, 15) is 0 Å². The summed E-state index contributed by atoms with van der Waals surface area (Å²) in [6.07, 6.45) is 5.73. The summed E-state index contributed by atoms with van der Waals surface area (Å²) in [6, 6.07) is 5.98. The largest absolute Gasteiger partial charge is 0.395 e. The lowest BCUT2D eigenvalue weighted by atomic mass is 10.5. The first-order valence-corrected chi connectivity index (χ1v) is 42.6. The molecular formula is C30H72Cl4O6Si7. The second-order valence-electron chi connectivity index (χ2n) is 16.3. The van der Waals surface area contributed by atoms with Crippen molar-refractivity contribution in [3.63, 3.8) is 0 Å². The highest BCUT2D eigenvalue weighted by Crippen LogP contribution is 2.25. The molecule has 0 aliphatic heterocycles. The second-order valence-corrected chi connectivity index (χ2v) is 54.3. The van der Waals surface area contributed by atoms with Gasteiger partial charge in [-0.05, 0) is 101 Å². The van der Waals surface area contributed by atoms with Crippen molar-refractivity contribution in [2.75, 3.05) is 39.6 Å². The molecule has 0 bridgehead atoms. The minimum atomic E-state index is -2.33. The molecule has 0 spiro atoms. The molecule has 0 aromatic rings. The molecule has 0 saturated heterocycles. The topological polar surface area (TPSA) is 55.4 Å². The average Bonchev–Trinajstić information content (AvgIpc) is 2.89. The van der Waals surface area contributed by atoms with E-state index in [1.807, 2.05) is 0 Å². The predicted octanol–water partition coefficient (Wildman–Crippen LogP) is 12.0. The molecule has 0 heterocycles. The maximum atomic E-state index is 6.53. The van der Waals surface area contributed by atoms with Gasteiger partial charge < -0.3 is 26.6 Å². The van der Waals surface area contributed by atoms with Crippen molar-refractivity contribution in [2.45, 2.75) is 153 Å². The normalized spacial score (nSPS) is 14.3. The maximum Gasteiger partial charge on any atom is 0.335 e. The molecule has 0 aliphatic rings. The first kappa shape index (κ1) is 49.4. The van der Waals surface area contributed by atoms with Gasteiger partial charge in [0.2, 0.25) is 0 Å². The SMILES string of the molecule is C[Si](C)(Cl)CCCO[Si](C)(CCCO[Si](C)(C)OCCC[Si](C)(OCCC[Si](C)(C)Cl)OCCC[Si](C)(C)Cl)OCCC[Si](C)(C)Cl. The van der Waals surface area contributed by atoms with Crippen LogP contribution in [0, 0.1) is 0 Å². The molecule has 0 amide bonds. The lowest BCUT2D eigenvalue weighted by molar-refractivity contribution is 0.155. The molecule has 0 unspecified atom stereocenters. The van der Waals surface area contributed by atoms with Crippen molar-refractivity contribution in [2.24, 2.45) is 0 Å². The molecule has 0 rings (SSSR count). The van der Waals surface area contributed by atoms with Crippen molar-refractivity contribution in [3.05, 3.63) is 0 Å². The van der Waals surface area contributed by atoms with Crippen molar-refractivity contribution in [1.29, 1.82) is 0 Å². The number of hydrogen-bond acceptors (Lipinski definition) is 6. The third kappa shape index (κ3) is 32.8. The molecule has 0 radical (unpaired) electrons. The van der Waals surface area contributed by atoms with E-state index in [0.29, 0.717) is 39.6 Å². The van der Waals surface area contributed by atoms with Crippen LogP contribution in [0.1, 0.15) is 38.5 Å². The highest BCUT2D eigenvalue weighted by Gasteiger charge is 2.34. The fourth-order valence-corrected chi connectivity index (χ4v) is 16.5. The molecule has 47 heavy (non-hydrogen) atoms. The van der Waals surface area contributed by atoms with Gasteiger partial charge >= 0.3 is 25.7 Å². The Morgan fingerprint density at radius 2 is 0.489 bits per heavy atom. The third-order valence-electron chi connectivity index (χ3n) is 7.74. The van der Waals surface area contributed by atoms with Crippen LogP contribution in [0.2, 0.25) is 115 Å². The predicted molar refractivity (Wildman–Crippen MR) is 226 cm³/mol. The van der Waals surface area contributed by atoms with Gasteiger partial charge in [0.1, 0.15) is 0 Å². The minimum Gasteiger partial charge on any atom is -0.395 e. The fourth-order valence-electron chi connectivity index (χ4n) is 4.96. The first-order chi connectivity index (χ1) is 21.2. The van der Waals surface area contributed by atoms with Crippen LogP contribution in [-0.2, 0) is 26.6 Å². The van der Waals surface area contributed by atoms with Crippen LogP contribution in [0.4, 0.5) is 0 Å². The van der Waals surface area contributed by atoms with Crippen LogP contribution in [-0.4, -0.2) is 94.9 Å². The van der Waals surface area contributed by atoms with Gasteiger partial charge in [-0.25, -0.2) is 0 Å². The van der Waals surface area contributed by atoms with Crippen molar-refractivity contribution in [3.8, 4) is 0 Å².